The first-order valence-corrected chi connectivity index (χ1v) is 10.7. The van der Waals surface area contributed by atoms with Gasteiger partial charge in [-0.2, -0.15) is 0 Å². The van der Waals surface area contributed by atoms with Gasteiger partial charge in [0, 0.05) is 37.1 Å². The van der Waals surface area contributed by atoms with Crippen molar-refractivity contribution in [3.05, 3.63) is 45.9 Å². The Hall–Kier alpha value is -1.39. The Morgan fingerprint density at radius 2 is 1.97 bits per heavy atom. The third kappa shape index (κ3) is 10.8. The largest absolute Gasteiger partial charge is 0.494 e. The molecule has 1 aromatic carbocycles. The van der Waals surface area contributed by atoms with Gasteiger partial charge >= 0.3 is 0 Å². The molecule has 0 saturated carbocycles. The number of hydrogen-bond acceptors (Lipinski definition) is 5. The van der Waals surface area contributed by atoms with Crippen molar-refractivity contribution in [1.29, 1.82) is 0 Å². The van der Waals surface area contributed by atoms with E-state index in [0.29, 0.717) is 6.54 Å². The Balaban J connectivity index is 0.00000420. The lowest BCUT2D eigenvalue weighted by Gasteiger charge is -2.11. The second-order valence-electron chi connectivity index (χ2n) is 6.89. The highest BCUT2D eigenvalue weighted by Crippen LogP contribution is 2.13. The van der Waals surface area contributed by atoms with Crippen LogP contribution in [0.3, 0.4) is 0 Å². The van der Waals surface area contributed by atoms with Crippen LogP contribution < -0.4 is 15.4 Å². The van der Waals surface area contributed by atoms with Crippen LogP contribution in [-0.2, 0) is 13.0 Å². The SMILES string of the molecule is CCNC(=NCc1ccc(OCCCN(C)C)cc1)NCCc1ncc(C)s1.I. The van der Waals surface area contributed by atoms with Crippen molar-refractivity contribution in [2.24, 2.45) is 4.99 Å². The van der Waals surface area contributed by atoms with Crippen molar-refractivity contribution in [3.8, 4) is 5.75 Å². The normalized spacial score (nSPS) is 11.3. The van der Waals surface area contributed by atoms with Crippen LogP contribution in [0.25, 0.3) is 0 Å². The Morgan fingerprint density at radius 3 is 2.59 bits per heavy atom. The molecule has 0 saturated heterocycles. The molecule has 2 aromatic rings. The molecule has 1 heterocycles. The Kier molecular flexibility index (Phi) is 12.9. The lowest BCUT2D eigenvalue weighted by molar-refractivity contribution is 0.281. The van der Waals surface area contributed by atoms with Gasteiger partial charge in [-0.25, -0.2) is 9.98 Å². The quantitative estimate of drug-likeness (QED) is 0.201. The second kappa shape index (κ2) is 14.6. The summed E-state index contributed by atoms with van der Waals surface area (Å²) in [6.45, 7) is 8.22. The van der Waals surface area contributed by atoms with Crippen molar-refractivity contribution in [2.45, 2.75) is 33.2 Å². The lowest BCUT2D eigenvalue weighted by atomic mass is 10.2. The van der Waals surface area contributed by atoms with Gasteiger partial charge in [-0.1, -0.05) is 12.1 Å². The summed E-state index contributed by atoms with van der Waals surface area (Å²) in [6.07, 6.45) is 3.86. The minimum absolute atomic E-state index is 0. The molecule has 0 fully saturated rings. The minimum atomic E-state index is 0. The van der Waals surface area contributed by atoms with E-state index < -0.39 is 0 Å². The Morgan fingerprint density at radius 1 is 1.21 bits per heavy atom. The summed E-state index contributed by atoms with van der Waals surface area (Å²) in [5.41, 5.74) is 1.16. The van der Waals surface area contributed by atoms with Crippen LogP contribution in [0, 0.1) is 6.92 Å². The number of nitrogens with one attached hydrogen (secondary N) is 2. The van der Waals surface area contributed by atoms with Crippen LogP contribution in [0.4, 0.5) is 0 Å². The van der Waals surface area contributed by atoms with Gasteiger partial charge in [0.1, 0.15) is 5.75 Å². The molecule has 0 bridgehead atoms. The number of hydrogen-bond donors (Lipinski definition) is 2. The molecule has 2 rings (SSSR count). The number of guanidine groups is 1. The zero-order valence-corrected chi connectivity index (χ0v) is 21.0. The van der Waals surface area contributed by atoms with Gasteiger partial charge in [-0.15, -0.1) is 35.3 Å². The van der Waals surface area contributed by atoms with E-state index in [1.54, 1.807) is 11.3 Å². The van der Waals surface area contributed by atoms with Crippen LogP contribution in [-0.4, -0.2) is 56.2 Å². The summed E-state index contributed by atoms with van der Waals surface area (Å²) in [5, 5.41) is 7.83. The predicted molar refractivity (Wildman–Crippen MR) is 134 cm³/mol. The van der Waals surface area contributed by atoms with Crippen LogP contribution in [0.1, 0.15) is 28.8 Å². The maximum absolute atomic E-state index is 5.78. The number of aliphatic imine (C=N–C) groups is 1. The first-order valence-electron chi connectivity index (χ1n) is 9.86. The van der Waals surface area contributed by atoms with Gasteiger partial charge in [0.25, 0.3) is 0 Å². The molecule has 2 N–H and O–H groups in total. The van der Waals surface area contributed by atoms with E-state index >= 15 is 0 Å². The summed E-state index contributed by atoms with van der Waals surface area (Å²) in [6, 6.07) is 8.19. The lowest BCUT2D eigenvalue weighted by Crippen LogP contribution is -2.38. The molecule has 0 aliphatic carbocycles. The molecule has 0 spiro atoms. The molecule has 8 heteroatoms. The topological polar surface area (TPSA) is 61.8 Å². The summed E-state index contributed by atoms with van der Waals surface area (Å²) >= 11 is 1.75. The number of benzene rings is 1. The van der Waals surface area contributed by atoms with Gasteiger partial charge in [0.2, 0.25) is 0 Å². The monoisotopic (exact) mass is 531 g/mol. The van der Waals surface area contributed by atoms with Crippen LogP contribution >= 0.6 is 35.3 Å². The van der Waals surface area contributed by atoms with E-state index in [1.165, 1.54) is 4.88 Å². The zero-order chi connectivity index (χ0) is 20.2. The van der Waals surface area contributed by atoms with Gasteiger partial charge < -0.3 is 20.3 Å². The standard InChI is InChI=1S/C21H33N5OS.HI/c1-5-22-21(23-12-11-20-24-15-17(2)28-20)25-16-18-7-9-19(10-8-18)27-14-6-13-26(3)4;/h7-10,15H,5-6,11-14,16H2,1-4H3,(H2,22,23,25);1H. The molecule has 6 nitrogen and oxygen atoms in total. The third-order valence-electron chi connectivity index (χ3n) is 4.01. The first kappa shape index (κ1) is 25.6. The summed E-state index contributed by atoms with van der Waals surface area (Å²) in [7, 11) is 4.15. The predicted octanol–water partition coefficient (Wildman–Crippen LogP) is 3.70. The third-order valence-corrected chi connectivity index (χ3v) is 4.98. The molecule has 0 radical (unpaired) electrons. The second-order valence-corrected chi connectivity index (χ2v) is 8.21. The molecule has 0 amide bonds. The van der Waals surface area contributed by atoms with Crippen LogP contribution in [0.15, 0.2) is 35.5 Å². The smallest absolute Gasteiger partial charge is 0.191 e. The summed E-state index contributed by atoms with van der Waals surface area (Å²) < 4.78 is 5.78. The molecule has 0 unspecified atom stereocenters. The molecular formula is C21H34IN5OS. The average Bonchev–Trinajstić information content (AvgIpc) is 3.09. The molecule has 1 aromatic heterocycles. The van der Waals surface area contributed by atoms with Crippen LogP contribution in [0.2, 0.25) is 0 Å². The van der Waals surface area contributed by atoms with E-state index in [2.05, 4.69) is 65.6 Å². The number of aromatic nitrogens is 1. The highest BCUT2D eigenvalue weighted by atomic mass is 127. The van der Waals surface area contributed by atoms with Gasteiger partial charge in [-0.3, -0.25) is 0 Å². The van der Waals surface area contributed by atoms with E-state index in [0.717, 1.165) is 61.4 Å². The fraction of sp³-hybridized carbons (Fsp3) is 0.524. The Labute approximate surface area is 196 Å². The minimum Gasteiger partial charge on any atom is -0.494 e. The van der Waals surface area contributed by atoms with E-state index in [4.69, 9.17) is 4.74 Å². The molecular weight excluding hydrogens is 497 g/mol. The molecule has 162 valence electrons. The number of thiazole rings is 1. The van der Waals surface area contributed by atoms with Crippen molar-refractivity contribution >= 4 is 41.3 Å². The number of ether oxygens (including phenoxy) is 1. The fourth-order valence-corrected chi connectivity index (χ4v) is 3.37. The highest BCUT2D eigenvalue weighted by Gasteiger charge is 2.02. The van der Waals surface area contributed by atoms with Crippen LogP contribution in [0.5, 0.6) is 5.75 Å². The number of aryl methyl sites for hydroxylation is 1. The molecule has 29 heavy (non-hydrogen) atoms. The molecule has 0 atom stereocenters. The fourth-order valence-electron chi connectivity index (χ4n) is 2.58. The van der Waals surface area contributed by atoms with Gasteiger partial charge in [-0.05, 0) is 52.1 Å². The number of rotatable bonds is 11. The van der Waals surface area contributed by atoms with Gasteiger partial charge in [0.15, 0.2) is 5.96 Å². The van der Waals surface area contributed by atoms with E-state index in [-0.39, 0.29) is 24.0 Å². The summed E-state index contributed by atoms with van der Waals surface area (Å²) in [4.78, 5) is 12.5. The zero-order valence-electron chi connectivity index (χ0n) is 17.9. The number of halogens is 1. The Bertz CT molecular complexity index is 718. The summed E-state index contributed by atoms with van der Waals surface area (Å²) in [5.74, 6) is 1.75. The molecule has 0 aliphatic rings. The molecule has 0 aliphatic heterocycles. The van der Waals surface area contributed by atoms with Crippen molar-refractivity contribution < 1.29 is 4.74 Å². The van der Waals surface area contributed by atoms with Crippen molar-refractivity contribution in [2.75, 3.05) is 40.3 Å². The van der Waals surface area contributed by atoms with E-state index in [9.17, 15) is 0 Å². The van der Waals surface area contributed by atoms with E-state index in [1.807, 2.05) is 18.3 Å². The van der Waals surface area contributed by atoms with Gasteiger partial charge in [0.05, 0.1) is 18.2 Å². The van der Waals surface area contributed by atoms with Crippen molar-refractivity contribution in [1.82, 2.24) is 20.5 Å². The number of nitrogens with zero attached hydrogens (tertiary/aromatic N) is 3. The first-order chi connectivity index (χ1) is 13.6. The highest BCUT2D eigenvalue weighted by molar-refractivity contribution is 14.0. The average molecular weight is 532 g/mol. The van der Waals surface area contributed by atoms with Crippen molar-refractivity contribution in [3.63, 3.8) is 0 Å². The maximum Gasteiger partial charge on any atom is 0.191 e. The maximum atomic E-state index is 5.78.